The number of aliphatic hydroxyl groups excluding tert-OH is 1. The number of nitrogens with zero attached hydrogens (tertiary/aromatic N) is 1. The number of rotatable bonds is 7. The Morgan fingerprint density at radius 3 is 2.33 bits per heavy atom. The van der Waals surface area contributed by atoms with Crippen LogP contribution in [0.1, 0.15) is 20.3 Å². The van der Waals surface area contributed by atoms with Crippen LogP contribution in [0.25, 0.3) is 0 Å². The molecule has 0 aromatic heterocycles. The zero-order chi connectivity index (χ0) is 20.5. The maximum atomic E-state index is 12.1. The van der Waals surface area contributed by atoms with Crippen LogP contribution in [-0.4, -0.2) is 93.4 Å². The standard InChI is InChI=1S/C17H29N3O6S/c1-7-12(11(8(2)21)16(23)24)19-13(17(25)26)14(7)27-9-5-10(18-6-9)15(22)20(3)4/h7-14,18-19,21H,5-6H2,1-4H3,(H,23,24)(H,25,26)/t7-,8-,9+,10+,11-,12-,13+,14+/m1/s1. The number of carbonyl (C=O) groups excluding carboxylic acids is 1. The lowest BCUT2D eigenvalue weighted by atomic mass is 9.87. The monoisotopic (exact) mass is 403 g/mol. The number of likely N-dealkylation sites (N-methyl/N-ethyl adjacent to an activating group) is 1. The lowest BCUT2D eigenvalue weighted by Gasteiger charge is -2.27. The molecule has 2 aliphatic heterocycles. The number of aliphatic hydroxyl groups is 1. The molecule has 5 N–H and O–H groups in total. The van der Waals surface area contributed by atoms with Gasteiger partial charge in [0.25, 0.3) is 0 Å². The van der Waals surface area contributed by atoms with E-state index < -0.39 is 36.0 Å². The summed E-state index contributed by atoms with van der Waals surface area (Å²) in [6.45, 7) is 3.82. The van der Waals surface area contributed by atoms with Crippen LogP contribution in [-0.2, 0) is 14.4 Å². The van der Waals surface area contributed by atoms with Crippen LogP contribution in [0.15, 0.2) is 0 Å². The number of amides is 1. The zero-order valence-electron chi connectivity index (χ0n) is 16.0. The van der Waals surface area contributed by atoms with Crippen molar-refractivity contribution in [2.75, 3.05) is 20.6 Å². The molecule has 2 rings (SSSR count). The highest BCUT2D eigenvalue weighted by molar-refractivity contribution is 8.00. The molecule has 154 valence electrons. The Balaban J connectivity index is 2.11. The molecule has 0 aliphatic carbocycles. The molecule has 0 aromatic rings. The van der Waals surface area contributed by atoms with Gasteiger partial charge in [0.05, 0.1) is 18.1 Å². The van der Waals surface area contributed by atoms with E-state index in [4.69, 9.17) is 0 Å². The van der Waals surface area contributed by atoms with Gasteiger partial charge in [-0.25, -0.2) is 0 Å². The van der Waals surface area contributed by atoms with Crippen LogP contribution in [0.5, 0.6) is 0 Å². The average Bonchev–Trinajstić information content (AvgIpc) is 3.13. The van der Waals surface area contributed by atoms with Crippen molar-refractivity contribution in [2.24, 2.45) is 11.8 Å². The Bertz CT molecular complexity index is 587. The SMILES string of the molecule is C[C@@H]1[C@H]([C@H](C(=O)O)[C@@H](C)O)N[C@H](C(=O)O)[C@H]1S[C@@H]1CN[C@H](C(=O)N(C)C)C1. The summed E-state index contributed by atoms with van der Waals surface area (Å²) in [6, 6.07) is -1.83. The van der Waals surface area contributed by atoms with Crippen LogP contribution in [0.3, 0.4) is 0 Å². The summed E-state index contributed by atoms with van der Waals surface area (Å²) in [7, 11) is 3.39. The summed E-state index contributed by atoms with van der Waals surface area (Å²) in [6.07, 6.45) is -0.503. The van der Waals surface area contributed by atoms with Crippen molar-refractivity contribution >= 4 is 29.6 Å². The van der Waals surface area contributed by atoms with Crippen LogP contribution in [0.4, 0.5) is 0 Å². The summed E-state index contributed by atoms with van der Waals surface area (Å²) in [5.74, 6) is -3.55. The van der Waals surface area contributed by atoms with Crippen molar-refractivity contribution in [3.8, 4) is 0 Å². The fraction of sp³-hybridized carbons (Fsp3) is 0.824. The van der Waals surface area contributed by atoms with E-state index in [0.717, 1.165) is 0 Å². The molecule has 0 aromatic carbocycles. The van der Waals surface area contributed by atoms with Crippen LogP contribution >= 0.6 is 11.8 Å². The fourth-order valence-corrected chi connectivity index (χ4v) is 5.71. The van der Waals surface area contributed by atoms with Crippen molar-refractivity contribution in [3.05, 3.63) is 0 Å². The third-order valence-corrected chi connectivity index (χ3v) is 7.18. The van der Waals surface area contributed by atoms with Crippen molar-refractivity contribution < 1.29 is 29.7 Å². The molecule has 0 radical (unpaired) electrons. The Labute approximate surface area is 162 Å². The Kier molecular flexibility index (Phi) is 7.12. The molecule has 0 spiro atoms. The molecule has 0 bridgehead atoms. The first-order valence-electron chi connectivity index (χ1n) is 9.04. The van der Waals surface area contributed by atoms with Gasteiger partial charge in [-0.2, -0.15) is 11.8 Å². The highest BCUT2D eigenvalue weighted by Crippen LogP contribution is 2.39. The first-order chi connectivity index (χ1) is 12.5. The van der Waals surface area contributed by atoms with E-state index in [-0.39, 0.29) is 28.4 Å². The van der Waals surface area contributed by atoms with Crippen molar-refractivity contribution in [1.29, 1.82) is 0 Å². The normalized spacial score (nSPS) is 35.6. The molecule has 1 amide bonds. The molecule has 2 aliphatic rings. The quantitative estimate of drug-likeness (QED) is 0.364. The van der Waals surface area contributed by atoms with Crippen molar-refractivity contribution in [1.82, 2.24) is 15.5 Å². The number of nitrogens with one attached hydrogen (secondary N) is 2. The largest absolute Gasteiger partial charge is 0.481 e. The average molecular weight is 404 g/mol. The third kappa shape index (κ3) is 4.74. The number of carboxylic acids is 2. The summed E-state index contributed by atoms with van der Waals surface area (Å²) in [5, 5.41) is 34.7. The van der Waals surface area contributed by atoms with Gasteiger partial charge in [-0.05, 0) is 19.3 Å². The molecular formula is C17H29N3O6S. The molecule has 8 atom stereocenters. The predicted molar refractivity (Wildman–Crippen MR) is 101 cm³/mol. The van der Waals surface area contributed by atoms with Gasteiger partial charge in [0.15, 0.2) is 0 Å². The highest BCUT2D eigenvalue weighted by atomic mass is 32.2. The van der Waals surface area contributed by atoms with E-state index in [2.05, 4.69) is 10.6 Å². The van der Waals surface area contributed by atoms with Gasteiger partial charge in [0, 0.05) is 37.2 Å². The minimum atomic E-state index is -1.15. The van der Waals surface area contributed by atoms with Gasteiger partial charge >= 0.3 is 11.9 Å². The number of hydrogen-bond acceptors (Lipinski definition) is 7. The summed E-state index contributed by atoms with van der Waals surface area (Å²) >= 11 is 1.49. The van der Waals surface area contributed by atoms with E-state index in [1.165, 1.54) is 23.6 Å². The molecule has 2 fully saturated rings. The van der Waals surface area contributed by atoms with Crippen LogP contribution in [0, 0.1) is 11.8 Å². The number of carbonyl (C=O) groups is 3. The first-order valence-corrected chi connectivity index (χ1v) is 9.98. The van der Waals surface area contributed by atoms with E-state index in [1.54, 1.807) is 14.1 Å². The minimum Gasteiger partial charge on any atom is -0.481 e. The van der Waals surface area contributed by atoms with E-state index in [1.807, 2.05) is 6.92 Å². The summed E-state index contributed by atoms with van der Waals surface area (Å²) < 4.78 is 0. The summed E-state index contributed by atoms with van der Waals surface area (Å²) in [5.41, 5.74) is 0. The molecule has 0 unspecified atom stereocenters. The van der Waals surface area contributed by atoms with Gasteiger partial charge in [-0.15, -0.1) is 0 Å². The molecule has 27 heavy (non-hydrogen) atoms. The maximum absolute atomic E-state index is 12.1. The predicted octanol–water partition coefficient (Wildman–Crippen LogP) is -0.950. The zero-order valence-corrected chi connectivity index (χ0v) is 16.8. The Hall–Kier alpha value is -1.36. The Morgan fingerprint density at radius 1 is 1.22 bits per heavy atom. The van der Waals surface area contributed by atoms with E-state index in [0.29, 0.717) is 13.0 Å². The number of carboxylic acid groups (broad SMARTS) is 2. The molecule has 2 heterocycles. The van der Waals surface area contributed by atoms with E-state index >= 15 is 0 Å². The second-order valence-corrected chi connectivity index (χ2v) is 9.11. The van der Waals surface area contributed by atoms with Gasteiger partial charge in [0.2, 0.25) is 5.91 Å². The second kappa shape index (κ2) is 8.76. The molecule has 2 saturated heterocycles. The third-order valence-electron chi connectivity index (χ3n) is 5.42. The van der Waals surface area contributed by atoms with Gasteiger partial charge in [0.1, 0.15) is 6.04 Å². The molecule has 9 nitrogen and oxygen atoms in total. The van der Waals surface area contributed by atoms with E-state index in [9.17, 15) is 29.7 Å². The van der Waals surface area contributed by atoms with Gasteiger partial charge in [-0.1, -0.05) is 6.92 Å². The van der Waals surface area contributed by atoms with Crippen LogP contribution < -0.4 is 10.6 Å². The fourth-order valence-electron chi connectivity index (χ4n) is 4.00. The number of thioether (sulfide) groups is 1. The summed E-state index contributed by atoms with van der Waals surface area (Å²) in [4.78, 5) is 37.0. The van der Waals surface area contributed by atoms with Crippen molar-refractivity contribution in [2.45, 2.75) is 55.0 Å². The highest BCUT2D eigenvalue weighted by Gasteiger charge is 2.51. The molecular weight excluding hydrogens is 374 g/mol. The number of hydrogen-bond donors (Lipinski definition) is 5. The van der Waals surface area contributed by atoms with Crippen LogP contribution in [0.2, 0.25) is 0 Å². The molecule has 0 saturated carbocycles. The maximum Gasteiger partial charge on any atom is 0.321 e. The Morgan fingerprint density at radius 2 is 1.85 bits per heavy atom. The van der Waals surface area contributed by atoms with Gasteiger partial charge < -0.3 is 25.5 Å². The first kappa shape index (κ1) is 21.9. The lowest BCUT2D eigenvalue weighted by molar-refractivity contribution is -0.147. The number of aliphatic carboxylic acids is 2. The minimum absolute atomic E-state index is 0.0107. The second-order valence-electron chi connectivity index (χ2n) is 7.62. The van der Waals surface area contributed by atoms with Gasteiger partial charge in [-0.3, -0.25) is 19.7 Å². The van der Waals surface area contributed by atoms with Crippen molar-refractivity contribution in [3.63, 3.8) is 0 Å². The molecule has 10 heteroatoms. The lowest BCUT2D eigenvalue weighted by Crippen LogP contribution is -2.47. The smallest absolute Gasteiger partial charge is 0.321 e. The topological polar surface area (TPSA) is 139 Å².